The summed E-state index contributed by atoms with van der Waals surface area (Å²) in [4.78, 5) is 25.9. The molecule has 5 heteroatoms. The van der Waals surface area contributed by atoms with Gasteiger partial charge in [0, 0.05) is 41.9 Å². The third-order valence-electron chi connectivity index (χ3n) is 6.73. The van der Waals surface area contributed by atoms with Crippen molar-refractivity contribution in [1.82, 2.24) is 5.32 Å². The van der Waals surface area contributed by atoms with Gasteiger partial charge in [0.1, 0.15) is 5.75 Å². The third kappa shape index (κ3) is 3.49. The van der Waals surface area contributed by atoms with Gasteiger partial charge in [-0.25, -0.2) is 0 Å². The highest BCUT2D eigenvalue weighted by Gasteiger charge is 2.35. The van der Waals surface area contributed by atoms with Crippen LogP contribution in [0.4, 0.5) is 0 Å². The van der Waals surface area contributed by atoms with Gasteiger partial charge in [-0.1, -0.05) is 42.5 Å². The number of carbonyl (C=O) groups excluding carboxylic acids is 2. The Balaban J connectivity index is 1.37. The molecular formula is C27H25NO4. The minimum Gasteiger partial charge on any atom is -0.497 e. The Kier molecular flexibility index (Phi) is 5.27. The molecule has 1 fully saturated rings. The summed E-state index contributed by atoms with van der Waals surface area (Å²) in [7, 11) is 1.65. The molecule has 3 aromatic rings. The Morgan fingerprint density at radius 1 is 0.938 bits per heavy atom. The van der Waals surface area contributed by atoms with Crippen LogP contribution in [0.15, 0.2) is 66.7 Å². The van der Waals surface area contributed by atoms with Crippen LogP contribution in [0.2, 0.25) is 0 Å². The minimum absolute atomic E-state index is 0.0237. The average molecular weight is 428 g/mol. The highest BCUT2D eigenvalue weighted by atomic mass is 16.5. The van der Waals surface area contributed by atoms with Gasteiger partial charge in [0.15, 0.2) is 5.78 Å². The van der Waals surface area contributed by atoms with Crippen molar-refractivity contribution in [3.05, 3.63) is 89.0 Å². The Hall–Kier alpha value is -3.44. The van der Waals surface area contributed by atoms with Gasteiger partial charge in [-0.2, -0.15) is 0 Å². The molecule has 1 amide bonds. The maximum absolute atomic E-state index is 13.1. The van der Waals surface area contributed by atoms with Gasteiger partial charge in [0.05, 0.1) is 7.11 Å². The van der Waals surface area contributed by atoms with Gasteiger partial charge >= 0.3 is 0 Å². The molecule has 0 aromatic heterocycles. The van der Waals surface area contributed by atoms with Gasteiger partial charge in [-0.15, -0.1) is 0 Å². The SMILES string of the molecule is COc1ccc(C2(CNC(=O)c3ccc4c(c3)C(=O)c3ccccc3-4)CCOCC2)cc1. The van der Waals surface area contributed by atoms with Crippen LogP contribution >= 0.6 is 0 Å². The first-order valence-corrected chi connectivity index (χ1v) is 10.9. The van der Waals surface area contributed by atoms with Crippen molar-refractivity contribution in [1.29, 1.82) is 0 Å². The van der Waals surface area contributed by atoms with E-state index in [1.165, 1.54) is 5.56 Å². The lowest BCUT2D eigenvalue weighted by Gasteiger charge is -2.38. The molecule has 1 saturated heterocycles. The first kappa shape index (κ1) is 20.5. The first-order chi connectivity index (χ1) is 15.6. The fourth-order valence-electron chi connectivity index (χ4n) is 4.80. The molecule has 5 nitrogen and oxygen atoms in total. The van der Waals surface area contributed by atoms with E-state index in [0.717, 1.165) is 29.7 Å². The third-order valence-corrected chi connectivity index (χ3v) is 6.73. The lowest BCUT2D eigenvalue weighted by molar-refractivity contribution is 0.0487. The number of hydrogen-bond acceptors (Lipinski definition) is 4. The lowest BCUT2D eigenvalue weighted by Crippen LogP contribution is -2.44. The van der Waals surface area contributed by atoms with E-state index in [-0.39, 0.29) is 17.1 Å². The zero-order valence-corrected chi connectivity index (χ0v) is 18.0. The molecule has 0 atom stereocenters. The number of benzene rings is 3. The predicted molar refractivity (Wildman–Crippen MR) is 122 cm³/mol. The smallest absolute Gasteiger partial charge is 0.251 e. The molecule has 0 spiro atoms. The Morgan fingerprint density at radius 2 is 1.62 bits per heavy atom. The van der Waals surface area contributed by atoms with Crippen molar-refractivity contribution in [3.8, 4) is 16.9 Å². The van der Waals surface area contributed by atoms with E-state index in [0.29, 0.717) is 36.4 Å². The van der Waals surface area contributed by atoms with E-state index in [2.05, 4.69) is 17.4 Å². The second-order valence-electron chi connectivity index (χ2n) is 8.44. The summed E-state index contributed by atoms with van der Waals surface area (Å²) in [6.45, 7) is 1.83. The van der Waals surface area contributed by atoms with Crippen molar-refractivity contribution in [2.45, 2.75) is 18.3 Å². The Labute approximate surface area is 187 Å². The molecule has 0 bridgehead atoms. The van der Waals surface area contributed by atoms with Crippen LogP contribution in [0.1, 0.15) is 44.7 Å². The largest absolute Gasteiger partial charge is 0.497 e. The number of amides is 1. The van der Waals surface area contributed by atoms with Crippen LogP contribution in [0.25, 0.3) is 11.1 Å². The van der Waals surface area contributed by atoms with Gasteiger partial charge in [0.2, 0.25) is 0 Å². The summed E-state index contributed by atoms with van der Waals surface area (Å²) in [6, 6.07) is 21.0. The van der Waals surface area contributed by atoms with Crippen LogP contribution in [0.3, 0.4) is 0 Å². The van der Waals surface area contributed by atoms with Crippen molar-refractivity contribution in [3.63, 3.8) is 0 Å². The van der Waals surface area contributed by atoms with Crippen molar-refractivity contribution in [2.24, 2.45) is 0 Å². The number of ketones is 1. The average Bonchev–Trinajstić information content (AvgIpc) is 3.15. The fraction of sp³-hybridized carbons (Fsp3) is 0.259. The van der Waals surface area contributed by atoms with Crippen LogP contribution in [-0.4, -0.2) is 38.6 Å². The Bertz CT molecular complexity index is 1180. The maximum Gasteiger partial charge on any atom is 0.251 e. The van der Waals surface area contributed by atoms with Crippen molar-refractivity contribution < 1.29 is 19.1 Å². The van der Waals surface area contributed by atoms with Gasteiger partial charge in [-0.3, -0.25) is 9.59 Å². The highest BCUT2D eigenvalue weighted by Crippen LogP contribution is 2.37. The van der Waals surface area contributed by atoms with Crippen LogP contribution in [0.5, 0.6) is 5.75 Å². The lowest BCUT2D eigenvalue weighted by atomic mass is 9.74. The normalized spacial score (nSPS) is 16.2. The Morgan fingerprint density at radius 3 is 2.34 bits per heavy atom. The van der Waals surface area contributed by atoms with E-state index in [1.54, 1.807) is 19.2 Å². The van der Waals surface area contributed by atoms with Gasteiger partial charge in [-0.05, 0) is 53.8 Å². The van der Waals surface area contributed by atoms with Crippen molar-refractivity contribution >= 4 is 11.7 Å². The molecule has 3 aromatic carbocycles. The number of carbonyl (C=O) groups is 2. The molecule has 1 aliphatic heterocycles. The van der Waals surface area contributed by atoms with Gasteiger partial charge in [0.25, 0.3) is 5.91 Å². The molecule has 1 aliphatic carbocycles. The summed E-state index contributed by atoms with van der Waals surface area (Å²) in [6.07, 6.45) is 1.66. The molecule has 0 unspecified atom stereocenters. The number of methoxy groups -OCH3 is 1. The quantitative estimate of drug-likeness (QED) is 0.513. The number of fused-ring (bicyclic) bond motifs is 3. The molecule has 162 valence electrons. The molecule has 0 saturated carbocycles. The minimum atomic E-state index is -0.192. The standard InChI is InChI=1S/C27H25NO4/c1-31-20-9-7-19(8-10-20)27(12-14-32-15-13-27)17-28-26(30)18-6-11-22-21-4-2-3-5-23(21)25(29)24(22)16-18/h2-11,16H,12-15,17H2,1H3,(H,28,30). The molecule has 5 rings (SSSR count). The summed E-state index contributed by atoms with van der Waals surface area (Å²) in [5.41, 5.74) is 4.59. The summed E-state index contributed by atoms with van der Waals surface area (Å²) < 4.78 is 10.9. The van der Waals surface area contributed by atoms with Gasteiger partial charge < -0.3 is 14.8 Å². The van der Waals surface area contributed by atoms with E-state index in [1.807, 2.05) is 42.5 Å². The predicted octanol–water partition coefficient (Wildman–Crippen LogP) is 4.38. The molecular weight excluding hydrogens is 402 g/mol. The van der Waals surface area contributed by atoms with E-state index in [4.69, 9.17) is 9.47 Å². The van der Waals surface area contributed by atoms with Crippen LogP contribution < -0.4 is 10.1 Å². The van der Waals surface area contributed by atoms with Crippen molar-refractivity contribution in [2.75, 3.05) is 26.9 Å². The van der Waals surface area contributed by atoms with Crippen LogP contribution in [0, 0.1) is 0 Å². The maximum atomic E-state index is 13.1. The molecule has 0 radical (unpaired) electrons. The van der Waals surface area contributed by atoms with E-state index < -0.39 is 0 Å². The zero-order valence-electron chi connectivity index (χ0n) is 18.0. The number of hydrogen-bond donors (Lipinski definition) is 1. The van der Waals surface area contributed by atoms with E-state index >= 15 is 0 Å². The first-order valence-electron chi connectivity index (χ1n) is 10.9. The second kappa shape index (κ2) is 8.24. The second-order valence-corrected chi connectivity index (χ2v) is 8.44. The fourth-order valence-corrected chi connectivity index (χ4v) is 4.80. The summed E-state index contributed by atoms with van der Waals surface area (Å²) in [5.74, 6) is 0.615. The summed E-state index contributed by atoms with van der Waals surface area (Å²) >= 11 is 0. The number of ether oxygens (including phenoxy) is 2. The topological polar surface area (TPSA) is 64.6 Å². The molecule has 32 heavy (non-hydrogen) atoms. The zero-order chi connectivity index (χ0) is 22.1. The number of rotatable bonds is 5. The van der Waals surface area contributed by atoms with Crippen LogP contribution in [-0.2, 0) is 10.2 Å². The number of nitrogens with one attached hydrogen (secondary N) is 1. The molecule has 1 heterocycles. The monoisotopic (exact) mass is 427 g/mol. The highest BCUT2D eigenvalue weighted by molar-refractivity contribution is 6.22. The molecule has 2 aliphatic rings. The molecule has 1 N–H and O–H groups in total. The van der Waals surface area contributed by atoms with E-state index in [9.17, 15) is 9.59 Å². The summed E-state index contributed by atoms with van der Waals surface area (Å²) in [5, 5.41) is 3.13.